The van der Waals surface area contributed by atoms with Gasteiger partial charge in [-0.2, -0.15) is 0 Å². The number of anilines is 1. The highest BCUT2D eigenvalue weighted by atomic mass is 79.9. The van der Waals surface area contributed by atoms with E-state index in [1.54, 1.807) is 29.2 Å². The molecule has 0 aliphatic carbocycles. The Labute approximate surface area is 156 Å². The number of sulfonamides is 1. The van der Waals surface area contributed by atoms with E-state index in [0.717, 1.165) is 15.7 Å². The number of amides is 1. The molecule has 2 aromatic carbocycles. The van der Waals surface area contributed by atoms with Gasteiger partial charge in [-0.05, 0) is 49.2 Å². The summed E-state index contributed by atoms with van der Waals surface area (Å²) in [4.78, 5) is 14.2. The smallest absolute Gasteiger partial charge is 0.240 e. The summed E-state index contributed by atoms with van der Waals surface area (Å²) in [5, 5.41) is 0. The maximum Gasteiger partial charge on any atom is 0.240 e. The van der Waals surface area contributed by atoms with Gasteiger partial charge < -0.3 is 4.90 Å². The molecule has 25 heavy (non-hydrogen) atoms. The van der Waals surface area contributed by atoms with Crippen LogP contribution in [-0.4, -0.2) is 27.4 Å². The molecule has 1 amide bonds. The Hall–Kier alpha value is -1.70. The van der Waals surface area contributed by atoms with Crippen molar-refractivity contribution in [3.63, 3.8) is 0 Å². The van der Waals surface area contributed by atoms with E-state index in [-0.39, 0.29) is 23.3 Å². The van der Waals surface area contributed by atoms with Gasteiger partial charge in [-0.1, -0.05) is 33.6 Å². The fraction of sp³-hybridized carbons (Fsp3) is 0.278. The summed E-state index contributed by atoms with van der Waals surface area (Å²) in [5.41, 5.74) is 1.99. The van der Waals surface area contributed by atoms with E-state index in [9.17, 15) is 13.2 Å². The van der Waals surface area contributed by atoms with Crippen LogP contribution >= 0.6 is 15.9 Å². The highest BCUT2D eigenvalue weighted by molar-refractivity contribution is 9.10. The predicted octanol–water partition coefficient (Wildman–Crippen LogP) is 3.09. The molecule has 0 unspecified atom stereocenters. The van der Waals surface area contributed by atoms with Gasteiger partial charge in [-0.3, -0.25) is 4.79 Å². The third-order valence-corrected chi connectivity index (χ3v) is 6.20. The fourth-order valence-corrected chi connectivity index (χ4v) is 4.20. The molecule has 0 aromatic heterocycles. The Kier molecular flexibility index (Phi) is 5.27. The topological polar surface area (TPSA) is 66.5 Å². The maximum absolute atomic E-state index is 12.3. The first-order valence-corrected chi connectivity index (χ1v) is 10.2. The first-order chi connectivity index (χ1) is 11.8. The van der Waals surface area contributed by atoms with Crippen molar-refractivity contribution in [3.05, 3.63) is 58.6 Å². The molecular weight excluding hydrogens is 404 g/mol. The van der Waals surface area contributed by atoms with Crippen LogP contribution in [0.4, 0.5) is 5.69 Å². The molecule has 7 heteroatoms. The highest BCUT2D eigenvalue weighted by Crippen LogP contribution is 2.25. The van der Waals surface area contributed by atoms with E-state index in [1.165, 1.54) is 0 Å². The van der Waals surface area contributed by atoms with Crippen LogP contribution in [0.3, 0.4) is 0 Å². The Morgan fingerprint density at radius 3 is 2.40 bits per heavy atom. The van der Waals surface area contributed by atoms with E-state index >= 15 is 0 Å². The summed E-state index contributed by atoms with van der Waals surface area (Å²) in [6, 6.07) is 14.2. The molecule has 1 saturated heterocycles. The first-order valence-electron chi connectivity index (χ1n) is 7.97. The average Bonchev–Trinajstić information content (AvgIpc) is 2.95. The number of carbonyl (C=O) groups is 1. The Morgan fingerprint density at radius 1 is 1.12 bits per heavy atom. The zero-order valence-corrected chi connectivity index (χ0v) is 16.2. The van der Waals surface area contributed by atoms with Crippen LogP contribution < -0.4 is 9.62 Å². The number of hydrogen-bond acceptors (Lipinski definition) is 3. The van der Waals surface area contributed by atoms with Crippen LogP contribution in [0.25, 0.3) is 0 Å². The van der Waals surface area contributed by atoms with Crippen LogP contribution in [0.5, 0.6) is 0 Å². The summed E-state index contributed by atoms with van der Waals surface area (Å²) < 4.78 is 28.1. The lowest BCUT2D eigenvalue weighted by Crippen LogP contribution is -2.31. The van der Waals surface area contributed by atoms with Crippen LogP contribution in [0.1, 0.15) is 12.0 Å². The molecule has 1 heterocycles. The zero-order chi connectivity index (χ0) is 18.0. The molecule has 5 nitrogen and oxygen atoms in total. The summed E-state index contributed by atoms with van der Waals surface area (Å²) >= 11 is 3.29. The minimum absolute atomic E-state index is 0.0247. The van der Waals surface area contributed by atoms with Gasteiger partial charge in [0.2, 0.25) is 15.9 Å². The first kappa shape index (κ1) is 18.1. The second-order valence-corrected chi connectivity index (χ2v) is 8.90. The van der Waals surface area contributed by atoms with E-state index < -0.39 is 10.0 Å². The number of carbonyl (C=O) groups excluding carboxylic acids is 1. The summed E-state index contributed by atoms with van der Waals surface area (Å²) in [6.45, 7) is 2.76. The number of aryl methyl sites for hydroxylation is 1. The third kappa shape index (κ3) is 4.29. The van der Waals surface area contributed by atoms with Gasteiger partial charge in [0.25, 0.3) is 0 Å². The van der Waals surface area contributed by atoms with Crippen LogP contribution in [0.2, 0.25) is 0 Å². The van der Waals surface area contributed by atoms with Gasteiger partial charge in [0.1, 0.15) is 0 Å². The summed E-state index contributed by atoms with van der Waals surface area (Å²) in [5.74, 6) is -0.0179. The molecule has 1 aliphatic rings. The molecule has 3 rings (SSSR count). The molecule has 1 N–H and O–H groups in total. The monoisotopic (exact) mass is 422 g/mol. The van der Waals surface area contributed by atoms with Crippen molar-refractivity contribution in [3.8, 4) is 0 Å². The number of hydrogen-bond donors (Lipinski definition) is 1. The number of rotatable bonds is 5. The normalized spacial score (nSPS) is 17.9. The predicted molar refractivity (Wildman–Crippen MR) is 101 cm³/mol. The number of halogens is 1. The summed E-state index contributed by atoms with van der Waals surface area (Å²) in [6.07, 6.45) is 0.344. The SMILES string of the molecule is Cc1ccc(N2C[C@@H](CNS(=O)(=O)c3ccc(Br)cc3)CC2=O)cc1. The Morgan fingerprint density at radius 2 is 1.76 bits per heavy atom. The Balaban J connectivity index is 1.63. The molecule has 2 aromatic rings. The molecule has 1 atom stereocenters. The molecule has 0 spiro atoms. The lowest BCUT2D eigenvalue weighted by Gasteiger charge is -2.17. The van der Waals surface area contributed by atoms with Gasteiger partial charge in [0.15, 0.2) is 0 Å². The zero-order valence-electron chi connectivity index (χ0n) is 13.8. The molecular formula is C18H19BrN2O3S. The third-order valence-electron chi connectivity index (χ3n) is 4.24. The van der Waals surface area contributed by atoms with Crippen molar-refractivity contribution in [2.75, 3.05) is 18.0 Å². The van der Waals surface area contributed by atoms with Crippen molar-refractivity contribution in [1.82, 2.24) is 4.72 Å². The van der Waals surface area contributed by atoms with E-state index in [2.05, 4.69) is 20.7 Å². The Bertz CT molecular complexity index is 864. The van der Waals surface area contributed by atoms with Crippen LogP contribution in [0.15, 0.2) is 57.9 Å². The molecule has 1 aliphatic heterocycles. The quantitative estimate of drug-likeness (QED) is 0.804. The largest absolute Gasteiger partial charge is 0.312 e. The van der Waals surface area contributed by atoms with Gasteiger partial charge >= 0.3 is 0 Å². The summed E-state index contributed by atoms with van der Waals surface area (Å²) in [7, 11) is -3.57. The number of benzene rings is 2. The van der Waals surface area contributed by atoms with Crippen molar-refractivity contribution >= 4 is 37.5 Å². The lowest BCUT2D eigenvalue weighted by molar-refractivity contribution is -0.117. The fourth-order valence-electron chi connectivity index (χ4n) is 2.82. The second kappa shape index (κ2) is 7.27. The molecule has 1 fully saturated rings. The number of nitrogens with one attached hydrogen (secondary N) is 1. The minimum atomic E-state index is -3.57. The lowest BCUT2D eigenvalue weighted by atomic mass is 10.1. The molecule has 0 saturated carbocycles. The minimum Gasteiger partial charge on any atom is -0.312 e. The van der Waals surface area contributed by atoms with Crippen LogP contribution in [0, 0.1) is 12.8 Å². The van der Waals surface area contributed by atoms with Gasteiger partial charge in [0, 0.05) is 29.7 Å². The van der Waals surface area contributed by atoms with E-state index in [0.29, 0.717) is 13.0 Å². The molecule has 0 radical (unpaired) electrons. The van der Waals surface area contributed by atoms with Crippen molar-refractivity contribution in [1.29, 1.82) is 0 Å². The average molecular weight is 423 g/mol. The molecule has 132 valence electrons. The van der Waals surface area contributed by atoms with E-state index in [4.69, 9.17) is 0 Å². The standard InChI is InChI=1S/C18H19BrN2O3S/c1-13-2-6-16(7-3-13)21-12-14(10-18(21)22)11-20-25(23,24)17-8-4-15(19)5-9-17/h2-9,14,20H,10-12H2,1H3/t14-/m1/s1. The van der Waals surface area contributed by atoms with Gasteiger partial charge in [-0.15, -0.1) is 0 Å². The van der Waals surface area contributed by atoms with Gasteiger partial charge in [-0.25, -0.2) is 13.1 Å². The van der Waals surface area contributed by atoms with Crippen molar-refractivity contribution < 1.29 is 13.2 Å². The van der Waals surface area contributed by atoms with Gasteiger partial charge in [0.05, 0.1) is 4.90 Å². The molecule has 0 bridgehead atoms. The maximum atomic E-state index is 12.3. The number of nitrogens with zero attached hydrogens (tertiary/aromatic N) is 1. The second-order valence-electron chi connectivity index (χ2n) is 6.22. The van der Waals surface area contributed by atoms with E-state index in [1.807, 2.05) is 31.2 Å². The highest BCUT2D eigenvalue weighted by Gasteiger charge is 2.31. The van der Waals surface area contributed by atoms with Crippen molar-refractivity contribution in [2.24, 2.45) is 5.92 Å². The van der Waals surface area contributed by atoms with Crippen LogP contribution in [-0.2, 0) is 14.8 Å². The van der Waals surface area contributed by atoms with Crippen molar-refractivity contribution in [2.45, 2.75) is 18.2 Å².